The van der Waals surface area contributed by atoms with Gasteiger partial charge < -0.3 is 9.84 Å². The topological polar surface area (TPSA) is 29.5 Å². The molecule has 0 spiro atoms. The van der Waals surface area contributed by atoms with Crippen molar-refractivity contribution in [2.75, 3.05) is 6.61 Å². The summed E-state index contributed by atoms with van der Waals surface area (Å²) in [5.74, 6) is 2.30. The Morgan fingerprint density at radius 1 is 0.864 bits per heavy atom. The first-order chi connectivity index (χ1) is 10.8. The van der Waals surface area contributed by atoms with E-state index in [1.165, 1.54) is 19.3 Å². The van der Waals surface area contributed by atoms with Crippen molar-refractivity contribution in [3.8, 4) is 11.5 Å². The van der Waals surface area contributed by atoms with Crippen LogP contribution in [0.25, 0.3) is 0 Å². The fourth-order valence-electron chi connectivity index (χ4n) is 2.03. The average molecular weight is 300 g/mol. The van der Waals surface area contributed by atoms with Gasteiger partial charge >= 0.3 is 0 Å². The Kier molecular flexibility index (Phi) is 9.80. The lowest BCUT2D eigenvalue weighted by Gasteiger charge is -2.08. The number of aliphatic hydroxyl groups excluding tert-OH is 1. The summed E-state index contributed by atoms with van der Waals surface area (Å²) in [5.41, 5.74) is 0. The summed E-state index contributed by atoms with van der Waals surface area (Å²) in [6, 6.07) is 19.5. The van der Waals surface area contributed by atoms with E-state index in [1.54, 1.807) is 0 Å². The van der Waals surface area contributed by atoms with Crippen molar-refractivity contribution in [1.29, 1.82) is 0 Å². The van der Waals surface area contributed by atoms with Crippen molar-refractivity contribution in [1.82, 2.24) is 0 Å². The number of hydrogen-bond donors (Lipinski definition) is 1. The van der Waals surface area contributed by atoms with Gasteiger partial charge in [-0.2, -0.15) is 0 Å². The molecule has 1 N–H and O–H groups in total. The summed E-state index contributed by atoms with van der Waals surface area (Å²) >= 11 is 0. The average Bonchev–Trinajstić information content (AvgIpc) is 2.58. The Balaban J connectivity index is 0.000000239. The van der Waals surface area contributed by atoms with Crippen LogP contribution < -0.4 is 4.74 Å². The molecule has 120 valence electrons. The maximum Gasteiger partial charge on any atom is 0.127 e. The summed E-state index contributed by atoms with van der Waals surface area (Å²) in [6.45, 7) is 4.69. The van der Waals surface area contributed by atoms with Gasteiger partial charge in [0.25, 0.3) is 0 Å². The molecule has 0 saturated heterocycles. The van der Waals surface area contributed by atoms with Gasteiger partial charge in [-0.3, -0.25) is 0 Å². The molecule has 0 saturated carbocycles. The number of rotatable bonds is 7. The van der Waals surface area contributed by atoms with E-state index in [4.69, 9.17) is 9.84 Å². The van der Waals surface area contributed by atoms with Crippen molar-refractivity contribution in [2.24, 2.45) is 5.92 Å². The van der Waals surface area contributed by atoms with Crippen LogP contribution in [0.2, 0.25) is 0 Å². The van der Waals surface area contributed by atoms with Crippen LogP contribution in [0, 0.1) is 5.92 Å². The van der Waals surface area contributed by atoms with E-state index in [0.29, 0.717) is 12.5 Å². The van der Waals surface area contributed by atoms with Gasteiger partial charge in [0.1, 0.15) is 11.5 Å². The van der Waals surface area contributed by atoms with E-state index in [-0.39, 0.29) is 0 Å². The molecule has 2 aromatic carbocycles. The van der Waals surface area contributed by atoms with E-state index in [1.807, 2.05) is 60.7 Å². The van der Waals surface area contributed by atoms with Gasteiger partial charge in [-0.05, 0) is 36.6 Å². The van der Waals surface area contributed by atoms with E-state index >= 15 is 0 Å². The van der Waals surface area contributed by atoms with Crippen LogP contribution in [-0.4, -0.2) is 11.7 Å². The van der Waals surface area contributed by atoms with Crippen molar-refractivity contribution in [2.45, 2.75) is 39.5 Å². The van der Waals surface area contributed by atoms with Crippen molar-refractivity contribution >= 4 is 0 Å². The Morgan fingerprint density at radius 2 is 1.36 bits per heavy atom. The fraction of sp³-hybridized carbons (Fsp3) is 0.400. The Morgan fingerprint density at radius 3 is 1.73 bits per heavy atom. The maximum atomic E-state index is 8.75. The summed E-state index contributed by atoms with van der Waals surface area (Å²) in [7, 11) is 0. The first-order valence-corrected chi connectivity index (χ1v) is 8.18. The molecule has 2 aromatic rings. The highest BCUT2D eigenvalue weighted by Gasteiger charge is 2.01. The fourth-order valence-corrected chi connectivity index (χ4v) is 2.03. The lowest BCUT2D eigenvalue weighted by atomic mass is 10.0. The largest absolute Gasteiger partial charge is 0.457 e. The van der Waals surface area contributed by atoms with Gasteiger partial charge in [0, 0.05) is 6.61 Å². The number of para-hydroxylation sites is 2. The minimum Gasteiger partial charge on any atom is -0.457 e. The van der Waals surface area contributed by atoms with E-state index in [0.717, 1.165) is 17.9 Å². The molecule has 0 aliphatic rings. The van der Waals surface area contributed by atoms with Gasteiger partial charge in [0.2, 0.25) is 0 Å². The SMILES string of the molecule is CCCCC(CC)CO.c1ccc(Oc2ccccc2)cc1. The number of benzene rings is 2. The summed E-state index contributed by atoms with van der Waals surface area (Å²) in [6.07, 6.45) is 4.83. The predicted molar refractivity (Wildman–Crippen MR) is 93.3 cm³/mol. The van der Waals surface area contributed by atoms with Gasteiger partial charge in [-0.15, -0.1) is 0 Å². The molecule has 2 heteroatoms. The van der Waals surface area contributed by atoms with Crippen LogP contribution in [0.4, 0.5) is 0 Å². The highest BCUT2D eigenvalue weighted by molar-refractivity contribution is 5.30. The Hall–Kier alpha value is -1.80. The predicted octanol–water partition coefficient (Wildman–Crippen LogP) is 5.67. The van der Waals surface area contributed by atoms with Gasteiger partial charge in [0.05, 0.1) is 0 Å². The molecule has 0 fully saturated rings. The smallest absolute Gasteiger partial charge is 0.127 e. The lowest BCUT2D eigenvalue weighted by Crippen LogP contribution is -2.03. The molecule has 0 aliphatic heterocycles. The molecule has 0 aliphatic carbocycles. The molecule has 2 nitrogen and oxygen atoms in total. The summed E-state index contributed by atoms with van der Waals surface area (Å²) < 4.78 is 5.58. The second-order valence-corrected chi connectivity index (χ2v) is 5.33. The summed E-state index contributed by atoms with van der Waals surface area (Å²) in [4.78, 5) is 0. The highest BCUT2D eigenvalue weighted by atomic mass is 16.5. The number of aliphatic hydroxyl groups is 1. The quantitative estimate of drug-likeness (QED) is 0.713. The maximum absolute atomic E-state index is 8.75. The van der Waals surface area contributed by atoms with Gasteiger partial charge in [-0.25, -0.2) is 0 Å². The molecule has 0 heterocycles. The minimum atomic E-state index is 0.372. The second kappa shape index (κ2) is 11.8. The van der Waals surface area contributed by atoms with Crippen LogP contribution in [0.3, 0.4) is 0 Å². The van der Waals surface area contributed by atoms with E-state index < -0.39 is 0 Å². The zero-order chi connectivity index (χ0) is 16.0. The van der Waals surface area contributed by atoms with Crippen LogP contribution >= 0.6 is 0 Å². The third-order valence-corrected chi connectivity index (χ3v) is 3.52. The first-order valence-electron chi connectivity index (χ1n) is 8.18. The van der Waals surface area contributed by atoms with Crippen LogP contribution in [-0.2, 0) is 0 Å². The first kappa shape index (κ1) is 18.2. The van der Waals surface area contributed by atoms with Gasteiger partial charge in [0.15, 0.2) is 0 Å². The zero-order valence-corrected chi connectivity index (χ0v) is 13.7. The minimum absolute atomic E-state index is 0.372. The zero-order valence-electron chi connectivity index (χ0n) is 13.7. The standard InChI is InChI=1S/C12H10O.C8H18O/c1-3-7-11(8-4-1)13-12-9-5-2-6-10-12;1-3-5-6-8(4-2)7-9/h1-10H;8-9H,3-7H2,1-2H3. The van der Waals surface area contributed by atoms with Crippen LogP contribution in [0.15, 0.2) is 60.7 Å². The third-order valence-electron chi connectivity index (χ3n) is 3.52. The number of unbranched alkanes of at least 4 members (excludes halogenated alkanes) is 1. The molecule has 0 bridgehead atoms. The Bertz CT molecular complexity index is 426. The molecular formula is C20H28O2. The second-order valence-electron chi connectivity index (χ2n) is 5.33. The molecule has 0 radical (unpaired) electrons. The van der Waals surface area contributed by atoms with Gasteiger partial charge in [-0.1, -0.05) is 69.5 Å². The molecule has 2 rings (SSSR count). The van der Waals surface area contributed by atoms with Crippen molar-refractivity contribution in [3.63, 3.8) is 0 Å². The molecule has 1 atom stereocenters. The molecule has 0 amide bonds. The summed E-state index contributed by atoms with van der Waals surface area (Å²) in [5, 5.41) is 8.75. The molecular weight excluding hydrogens is 272 g/mol. The molecule has 1 unspecified atom stereocenters. The van der Waals surface area contributed by atoms with E-state index in [2.05, 4.69) is 13.8 Å². The highest BCUT2D eigenvalue weighted by Crippen LogP contribution is 2.19. The van der Waals surface area contributed by atoms with Crippen molar-refractivity contribution < 1.29 is 9.84 Å². The molecule has 22 heavy (non-hydrogen) atoms. The van der Waals surface area contributed by atoms with E-state index in [9.17, 15) is 0 Å². The lowest BCUT2D eigenvalue weighted by molar-refractivity contribution is 0.212. The monoisotopic (exact) mass is 300 g/mol. The third kappa shape index (κ3) is 7.84. The number of hydrogen-bond acceptors (Lipinski definition) is 2. The van der Waals surface area contributed by atoms with Crippen molar-refractivity contribution in [3.05, 3.63) is 60.7 Å². The van der Waals surface area contributed by atoms with Crippen LogP contribution in [0.5, 0.6) is 11.5 Å². The molecule has 0 aromatic heterocycles. The number of ether oxygens (including phenoxy) is 1. The van der Waals surface area contributed by atoms with Crippen LogP contribution in [0.1, 0.15) is 39.5 Å². The Labute approximate surface area is 134 Å². The normalized spacial score (nSPS) is 11.2.